The molecule has 0 amide bonds. The van der Waals surface area contributed by atoms with Gasteiger partial charge in [0.2, 0.25) is 0 Å². The van der Waals surface area contributed by atoms with Crippen molar-refractivity contribution < 1.29 is 9.84 Å². The first-order valence-corrected chi connectivity index (χ1v) is 5.18. The maximum absolute atomic E-state index is 8.70. The van der Waals surface area contributed by atoms with E-state index < -0.39 is 0 Å². The fraction of sp³-hybridized carbons (Fsp3) is 1.00. The summed E-state index contributed by atoms with van der Waals surface area (Å²) in [5, 5.41) is 8.70. The van der Waals surface area contributed by atoms with Crippen molar-refractivity contribution in [3.8, 4) is 0 Å². The van der Waals surface area contributed by atoms with Crippen LogP contribution in [0.4, 0.5) is 0 Å². The van der Waals surface area contributed by atoms with Crippen LogP contribution in [0.1, 0.15) is 32.6 Å². The quantitative estimate of drug-likeness (QED) is 0.672. The number of hydrogen-bond acceptors (Lipinski definition) is 3. The third kappa shape index (κ3) is 2.66. The average Bonchev–Trinajstić information content (AvgIpc) is 2.67. The zero-order valence-corrected chi connectivity index (χ0v) is 8.46. The van der Waals surface area contributed by atoms with E-state index in [2.05, 4.69) is 6.92 Å². The van der Waals surface area contributed by atoms with Gasteiger partial charge < -0.3 is 15.6 Å². The molecule has 1 atom stereocenters. The van der Waals surface area contributed by atoms with Gasteiger partial charge in [0.25, 0.3) is 0 Å². The van der Waals surface area contributed by atoms with Gasteiger partial charge in [0.15, 0.2) is 0 Å². The summed E-state index contributed by atoms with van der Waals surface area (Å²) in [6.07, 6.45) is 5.03. The van der Waals surface area contributed by atoms with Gasteiger partial charge in [-0.2, -0.15) is 0 Å². The second-order valence-corrected chi connectivity index (χ2v) is 4.07. The third-order valence-corrected chi connectivity index (χ3v) is 3.15. The van der Waals surface area contributed by atoms with Crippen molar-refractivity contribution in [2.45, 2.75) is 38.2 Å². The minimum atomic E-state index is -0.209. The maximum atomic E-state index is 8.70. The van der Waals surface area contributed by atoms with E-state index in [0.717, 1.165) is 0 Å². The van der Waals surface area contributed by atoms with Gasteiger partial charge in [-0.05, 0) is 25.7 Å². The number of aliphatic hydroxyl groups is 1. The average molecular weight is 187 g/mol. The van der Waals surface area contributed by atoms with Crippen molar-refractivity contribution in [1.29, 1.82) is 0 Å². The zero-order valence-electron chi connectivity index (χ0n) is 8.46. The summed E-state index contributed by atoms with van der Waals surface area (Å²) >= 11 is 0. The molecule has 1 unspecified atom stereocenters. The molecule has 0 radical (unpaired) electrons. The highest BCUT2D eigenvalue weighted by atomic mass is 16.5. The van der Waals surface area contributed by atoms with Gasteiger partial charge >= 0.3 is 0 Å². The predicted molar refractivity (Wildman–Crippen MR) is 52.5 cm³/mol. The van der Waals surface area contributed by atoms with Crippen molar-refractivity contribution in [3.63, 3.8) is 0 Å². The van der Waals surface area contributed by atoms with Crippen LogP contribution in [0.15, 0.2) is 0 Å². The molecule has 3 N–H and O–H groups in total. The van der Waals surface area contributed by atoms with E-state index in [1.54, 1.807) is 0 Å². The largest absolute Gasteiger partial charge is 0.394 e. The highest BCUT2D eigenvalue weighted by molar-refractivity contribution is 4.88. The van der Waals surface area contributed by atoms with Gasteiger partial charge in [-0.15, -0.1) is 0 Å². The molecule has 1 rings (SSSR count). The highest BCUT2D eigenvalue weighted by Crippen LogP contribution is 2.35. The Morgan fingerprint density at radius 3 is 2.54 bits per heavy atom. The van der Waals surface area contributed by atoms with Crippen LogP contribution in [0, 0.1) is 5.92 Å². The Morgan fingerprint density at radius 1 is 1.46 bits per heavy atom. The number of nitrogens with two attached hydrogens (primary N) is 1. The summed E-state index contributed by atoms with van der Waals surface area (Å²) < 4.78 is 5.64. The summed E-state index contributed by atoms with van der Waals surface area (Å²) in [7, 11) is 0. The molecule has 0 aliphatic heterocycles. The van der Waals surface area contributed by atoms with E-state index in [9.17, 15) is 0 Å². The molecule has 1 aliphatic carbocycles. The predicted octanol–water partition coefficient (Wildman–Crippen LogP) is 0.903. The van der Waals surface area contributed by atoms with E-state index in [4.69, 9.17) is 15.6 Å². The lowest BCUT2D eigenvalue weighted by Gasteiger charge is -2.34. The smallest absolute Gasteiger partial charge is 0.0805 e. The third-order valence-electron chi connectivity index (χ3n) is 3.15. The van der Waals surface area contributed by atoms with Crippen LogP contribution >= 0.6 is 0 Å². The number of ether oxygens (including phenoxy) is 1. The second kappa shape index (κ2) is 4.94. The van der Waals surface area contributed by atoms with E-state index in [0.29, 0.717) is 19.1 Å². The number of hydrogen-bond donors (Lipinski definition) is 2. The fourth-order valence-electron chi connectivity index (χ4n) is 2.16. The van der Waals surface area contributed by atoms with Crippen LogP contribution in [0.25, 0.3) is 0 Å². The highest BCUT2D eigenvalue weighted by Gasteiger charge is 2.35. The van der Waals surface area contributed by atoms with Crippen LogP contribution < -0.4 is 5.73 Å². The zero-order chi connectivity index (χ0) is 9.73. The van der Waals surface area contributed by atoms with E-state index in [-0.39, 0.29) is 12.2 Å². The van der Waals surface area contributed by atoms with Gasteiger partial charge in [0, 0.05) is 6.54 Å². The van der Waals surface area contributed by atoms with E-state index in [1.807, 2.05) is 0 Å². The Bertz CT molecular complexity index is 146. The van der Waals surface area contributed by atoms with Crippen molar-refractivity contribution in [2.24, 2.45) is 11.7 Å². The lowest BCUT2D eigenvalue weighted by molar-refractivity contribution is -0.0758. The topological polar surface area (TPSA) is 55.5 Å². The first kappa shape index (κ1) is 11.0. The van der Waals surface area contributed by atoms with Crippen LogP contribution in [-0.4, -0.2) is 30.5 Å². The Labute approximate surface area is 80.3 Å². The first-order valence-electron chi connectivity index (χ1n) is 5.18. The molecule has 0 aromatic carbocycles. The molecule has 78 valence electrons. The Balaban J connectivity index is 2.45. The van der Waals surface area contributed by atoms with Crippen LogP contribution in [0.5, 0.6) is 0 Å². The van der Waals surface area contributed by atoms with Gasteiger partial charge in [-0.1, -0.05) is 12.8 Å². The minimum absolute atomic E-state index is 0.0856. The summed E-state index contributed by atoms with van der Waals surface area (Å²) in [6, 6.07) is 0. The second-order valence-electron chi connectivity index (χ2n) is 4.07. The van der Waals surface area contributed by atoms with Crippen molar-refractivity contribution in [1.82, 2.24) is 0 Å². The molecule has 1 aliphatic rings. The van der Waals surface area contributed by atoms with Crippen LogP contribution in [0.2, 0.25) is 0 Å². The van der Waals surface area contributed by atoms with Gasteiger partial charge in [0.05, 0.1) is 18.8 Å². The number of aliphatic hydroxyl groups excluding tert-OH is 1. The van der Waals surface area contributed by atoms with Crippen molar-refractivity contribution in [3.05, 3.63) is 0 Å². The normalized spacial score (nSPS) is 23.3. The van der Waals surface area contributed by atoms with Gasteiger partial charge in [-0.25, -0.2) is 0 Å². The SMILES string of the molecule is CC(CN)(OCCO)C1CCCC1. The monoisotopic (exact) mass is 187 g/mol. The lowest BCUT2D eigenvalue weighted by atomic mass is 9.87. The van der Waals surface area contributed by atoms with Gasteiger partial charge in [0.1, 0.15) is 0 Å². The molecule has 0 spiro atoms. The van der Waals surface area contributed by atoms with Crippen LogP contribution in [0.3, 0.4) is 0 Å². The van der Waals surface area contributed by atoms with Crippen LogP contribution in [-0.2, 0) is 4.74 Å². The molecule has 0 aromatic rings. The van der Waals surface area contributed by atoms with Gasteiger partial charge in [-0.3, -0.25) is 0 Å². The molecule has 3 nitrogen and oxygen atoms in total. The molecule has 0 heterocycles. The first-order chi connectivity index (χ1) is 6.23. The number of rotatable bonds is 5. The molecule has 1 fully saturated rings. The van der Waals surface area contributed by atoms with E-state index in [1.165, 1.54) is 25.7 Å². The Morgan fingerprint density at radius 2 is 2.08 bits per heavy atom. The standard InChI is InChI=1S/C10H21NO2/c1-10(8-11,13-7-6-12)9-4-2-3-5-9/h9,12H,2-8,11H2,1H3. The van der Waals surface area contributed by atoms with Crippen molar-refractivity contribution >= 4 is 0 Å². The molecular weight excluding hydrogens is 166 g/mol. The Hall–Kier alpha value is -0.120. The maximum Gasteiger partial charge on any atom is 0.0805 e. The molecule has 0 bridgehead atoms. The summed E-state index contributed by atoms with van der Waals surface area (Å²) in [5.74, 6) is 0.587. The summed E-state index contributed by atoms with van der Waals surface area (Å²) in [6.45, 7) is 3.11. The molecular formula is C10H21NO2. The summed E-state index contributed by atoms with van der Waals surface area (Å²) in [5.41, 5.74) is 5.51. The lowest BCUT2D eigenvalue weighted by Crippen LogP contribution is -2.44. The van der Waals surface area contributed by atoms with Crippen molar-refractivity contribution in [2.75, 3.05) is 19.8 Å². The fourth-order valence-corrected chi connectivity index (χ4v) is 2.16. The molecule has 13 heavy (non-hydrogen) atoms. The Kier molecular flexibility index (Phi) is 4.16. The molecule has 3 heteroatoms. The van der Waals surface area contributed by atoms with E-state index >= 15 is 0 Å². The molecule has 0 saturated heterocycles. The molecule has 0 aromatic heterocycles. The minimum Gasteiger partial charge on any atom is -0.394 e. The molecule has 1 saturated carbocycles. The summed E-state index contributed by atoms with van der Waals surface area (Å²) in [4.78, 5) is 0.